The Morgan fingerprint density at radius 3 is 2.62 bits per heavy atom. The Morgan fingerprint density at radius 2 is 2.08 bits per heavy atom. The van der Waals surface area contributed by atoms with E-state index in [2.05, 4.69) is 16.1 Å². The summed E-state index contributed by atoms with van der Waals surface area (Å²) >= 11 is -0.414. The van der Waals surface area contributed by atoms with Gasteiger partial charge in [-0.2, -0.15) is 0 Å². The van der Waals surface area contributed by atoms with Crippen LogP contribution in [0.2, 0.25) is 0 Å². The third-order valence-electron chi connectivity index (χ3n) is 1.13. The summed E-state index contributed by atoms with van der Waals surface area (Å²) in [6.45, 7) is 0. The first kappa shape index (κ1) is 10.2. The van der Waals surface area contributed by atoms with E-state index in [0.29, 0.717) is 5.75 Å². The molecule has 4 nitrogen and oxygen atoms in total. The summed E-state index contributed by atoms with van der Waals surface area (Å²) in [5, 5.41) is 1.83. The minimum absolute atomic E-state index is 0.293. The van der Waals surface area contributed by atoms with E-state index in [1.165, 1.54) is 0 Å². The normalized spacial score (nSPS) is 13.9. The molecular weight excluding hydrogens is 253 g/mol. The zero-order chi connectivity index (χ0) is 9.73. The molecule has 0 saturated carbocycles. The Kier molecular flexibility index (Phi) is 3.46. The SMILES string of the molecule is O=[As](O)(N=C=S)Oc1ccccc1. The van der Waals surface area contributed by atoms with E-state index in [-0.39, 0.29) is 0 Å². The fourth-order valence-electron chi connectivity index (χ4n) is 0.691. The van der Waals surface area contributed by atoms with Gasteiger partial charge in [0.25, 0.3) is 0 Å². The molecule has 0 aliphatic carbocycles. The average molecular weight is 259 g/mol. The van der Waals surface area contributed by atoms with Crippen LogP contribution in [-0.4, -0.2) is 23.7 Å². The van der Waals surface area contributed by atoms with Crippen LogP contribution in [0.25, 0.3) is 0 Å². The van der Waals surface area contributed by atoms with E-state index in [1.54, 1.807) is 30.3 Å². The third kappa shape index (κ3) is 3.57. The van der Waals surface area contributed by atoms with Crippen molar-refractivity contribution in [1.82, 2.24) is 0 Å². The molecular formula is C7H6AsNO3S. The Hall–Kier alpha value is -0.862. The minimum atomic E-state index is -4.62. The zero-order valence-electron chi connectivity index (χ0n) is 6.45. The number of thiocarbonyl (C=S) groups is 1. The predicted molar refractivity (Wildman–Crippen MR) is 50.8 cm³/mol. The van der Waals surface area contributed by atoms with Gasteiger partial charge in [0, 0.05) is 0 Å². The predicted octanol–water partition coefficient (Wildman–Crippen LogP) is 1.03. The molecule has 0 saturated heterocycles. The molecule has 1 atom stereocenters. The van der Waals surface area contributed by atoms with Crippen LogP contribution in [-0.2, 0) is 3.74 Å². The van der Waals surface area contributed by atoms with Crippen molar-refractivity contribution in [1.29, 1.82) is 0 Å². The molecule has 0 heterocycles. The van der Waals surface area contributed by atoms with Crippen molar-refractivity contribution < 1.29 is 11.6 Å². The van der Waals surface area contributed by atoms with Crippen molar-refractivity contribution in [3.05, 3.63) is 30.3 Å². The second kappa shape index (κ2) is 4.40. The maximum absolute atomic E-state index is 11.1. The maximum atomic E-state index is 11.1. The van der Waals surface area contributed by atoms with Gasteiger partial charge in [0.05, 0.1) is 0 Å². The summed E-state index contributed by atoms with van der Waals surface area (Å²) in [7, 11) is 0. The Bertz CT molecular complexity index is 375. The van der Waals surface area contributed by atoms with E-state index in [0.717, 1.165) is 0 Å². The van der Waals surface area contributed by atoms with Crippen molar-refractivity contribution >= 4 is 31.8 Å². The number of para-hydroxylation sites is 1. The van der Waals surface area contributed by atoms with Crippen LogP contribution in [0.3, 0.4) is 0 Å². The molecule has 1 aromatic carbocycles. The third-order valence-corrected chi connectivity index (χ3v) is 3.20. The van der Waals surface area contributed by atoms with Crippen molar-refractivity contribution in [2.75, 3.05) is 0 Å². The van der Waals surface area contributed by atoms with E-state index >= 15 is 0 Å². The molecule has 1 aromatic rings. The topological polar surface area (TPSA) is 58.9 Å². The quantitative estimate of drug-likeness (QED) is 0.500. The number of rotatable bonds is 3. The molecule has 13 heavy (non-hydrogen) atoms. The van der Waals surface area contributed by atoms with E-state index in [9.17, 15) is 3.74 Å². The number of hydrogen-bond acceptors (Lipinski definition) is 3. The van der Waals surface area contributed by atoms with Crippen LogP contribution in [0.5, 0.6) is 5.75 Å². The van der Waals surface area contributed by atoms with Crippen LogP contribution < -0.4 is 3.73 Å². The Balaban J connectivity index is 2.81. The molecule has 1 unspecified atom stereocenters. The van der Waals surface area contributed by atoms with Crippen molar-refractivity contribution in [3.63, 3.8) is 0 Å². The standard InChI is InChI=1S/C7H6AsNO3S/c10-8(11,9-6-13)12-7-4-2-1-3-5-7/h1-5H,(H,10,11). The first-order chi connectivity index (χ1) is 6.14. The molecule has 0 bridgehead atoms. The van der Waals surface area contributed by atoms with Crippen molar-refractivity contribution in [3.8, 4) is 5.75 Å². The van der Waals surface area contributed by atoms with E-state index < -0.39 is 14.4 Å². The number of hydrogen-bond donors (Lipinski definition) is 1. The van der Waals surface area contributed by atoms with Gasteiger partial charge in [0.15, 0.2) is 0 Å². The van der Waals surface area contributed by atoms with Crippen LogP contribution in [0.1, 0.15) is 0 Å². The molecule has 0 amide bonds. The molecule has 68 valence electrons. The van der Waals surface area contributed by atoms with Gasteiger partial charge in [-0.15, -0.1) is 0 Å². The number of nitrogens with zero attached hydrogens (tertiary/aromatic N) is 1. The molecule has 0 spiro atoms. The zero-order valence-corrected chi connectivity index (χ0v) is 9.15. The van der Waals surface area contributed by atoms with Gasteiger partial charge in [-0.25, -0.2) is 0 Å². The summed E-state index contributed by atoms with van der Waals surface area (Å²) in [5.74, 6) is 0.293. The molecule has 1 rings (SSSR count). The van der Waals surface area contributed by atoms with Gasteiger partial charge in [-0.1, -0.05) is 0 Å². The van der Waals surface area contributed by atoms with Crippen molar-refractivity contribution in [2.24, 2.45) is 3.91 Å². The summed E-state index contributed by atoms with van der Waals surface area (Å²) in [5.41, 5.74) is 0. The number of benzene rings is 1. The molecule has 0 aliphatic rings. The fourth-order valence-corrected chi connectivity index (χ4v) is 2.36. The molecule has 0 fully saturated rings. The second-order valence-electron chi connectivity index (χ2n) is 2.09. The van der Waals surface area contributed by atoms with Gasteiger partial charge in [0.2, 0.25) is 0 Å². The molecule has 6 heteroatoms. The van der Waals surface area contributed by atoms with Gasteiger partial charge < -0.3 is 0 Å². The summed E-state index contributed by atoms with van der Waals surface area (Å²) in [6, 6.07) is 8.26. The summed E-state index contributed by atoms with van der Waals surface area (Å²) in [6.07, 6.45) is 0. The molecule has 0 radical (unpaired) electrons. The fraction of sp³-hybridized carbons (Fsp3) is 0. The monoisotopic (exact) mass is 259 g/mol. The van der Waals surface area contributed by atoms with Crippen molar-refractivity contribution in [2.45, 2.75) is 0 Å². The van der Waals surface area contributed by atoms with E-state index in [1.807, 2.05) is 5.16 Å². The number of isothiocyanates is 1. The molecule has 0 aromatic heterocycles. The van der Waals surface area contributed by atoms with Crippen LogP contribution >= 0.6 is 12.2 Å². The second-order valence-corrected chi connectivity index (χ2v) is 5.13. The van der Waals surface area contributed by atoms with Gasteiger partial charge >= 0.3 is 83.3 Å². The first-order valence-corrected chi connectivity index (χ1v) is 6.93. The Morgan fingerprint density at radius 1 is 1.46 bits per heavy atom. The van der Waals surface area contributed by atoms with Gasteiger partial charge in [0.1, 0.15) is 0 Å². The Labute approximate surface area is 83.5 Å². The van der Waals surface area contributed by atoms with Gasteiger partial charge in [-0.3, -0.25) is 0 Å². The summed E-state index contributed by atoms with van der Waals surface area (Å²) in [4.78, 5) is 0. The van der Waals surface area contributed by atoms with Crippen LogP contribution in [0.15, 0.2) is 34.2 Å². The summed E-state index contributed by atoms with van der Waals surface area (Å²) < 4.78 is 27.9. The van der Waals surface area contributed by atoms with Crippen LogP contribution in [0, 0.1) is 0 Å². The van der Waals surface area contributed by atoms with Gasteiger partial charge in [-0.05, 0) is 0 Å². The first-order valence-electron chi connectivity index (χ1n) is 3.31. The molecule has 1 N–H and O–H groups in total. The van der Waals surface area contributed by atoms with Crippen LogP contribution in [0.4, 0.5) is 0 Å². The van der Waals surface area contributed by atoms with E-state index in [4.69, 9.17) is 7.82 Å². The molecule has 0 aliphatic heterocycles. The average Bonchev–Trinajstić information content (AvgIpc) is 2.04.